The van der Waals surface area contributed by atoms with Crippen LogP contribution in [0.15, 0.2) is 6.07 Å². The van der Waals surface area contributed by atoms with Gasteiger partial charge in [0.15, 0.2) is 0 Å². The van der Waals surface area contributed by atoms with E-state index in [1.807, 2.05) is 0 Å². The SMILES string of the molecule is Cc1[c]c2nc(C(C)(C)C)n(CO[SiH3])c2cc1C. The van der Waals surface area contributed by atoms with E-state index < -0.39 is 0 Å². The Kier molecular flexibility index (Phi) is 3.34. The molecule has 1 heterocycles. The van der Waals surface area contributed by atoms with Crippen molar-refractivity contribution in [2.45, 2.75) is 46.8 Å². The summed E-state index contributed by atoms with van der Waals surface area (Å²) in [5, 5.41) is 0. The number of imidazole rings is 1. The van der Waals surface area contributed by atoms with Crippen LogP contribution < -0.4 is 0 Å². The highest BCUT2D eigenvalue weighted by molar-refractivity contribution is 5.97. The zero-order valence-electron chi connectivity index (χ0n) is 12.1. The topological polar surface area (TPSA) is 27.1 Å². The molecule has 1 radical (unpaired) electrons. The summed E-state index contributed by atoms with van der Waals surface area (Å²) >= 11 is 0. The second kappa shape index (κ2) is 4.52. The van der Waals surface area contributed by atoms with Crippen molar-refractivity contribution in [3.8, 4) is 0 Å². The molecular weight excluding hydrogens is 240 g/mol. The first-order valence-electron chi connectivity index (χ1n) is 6.23. The molecule has 0 bridgehead atoms. The van der Waals surface area contributed by atoms with Crippen LogP contribution in [0.1, 0.15) is 37.7 Å². The Hall–Kier alpha value is -1.13. The van der Waals surface area contributed by atoms with Gasteiger partial charge in [-0.2, -0.15) is 0 Å². The van der Waals surface area contributed by atoms with Crippen LogP contribution in [0.4, 0.5) is 0 Å². The Balaban J connectivity index is 2.75. The summed E-state index contributed by atoms with van der Waals surface area (Å²) in [7, 11) is 0.733. The van der Waals surface area contributed by atoms with Crippen LogP contribution in [0.5, 0.6) is 0 Å². The Morgan fingerprint density at radius 1 is 1.39 bits per heavy atom. The number of benzene rings is 1. The van der Waals surface area contributed by atoms with Crippen LogP contribution in [-0.4, -0.2) is 20.0 Å². The van der Waals surface area contributed by atoms with Crippen molar-refractivity contribution in [1.82, 2.24) is 9.55 Å². The van der Waals surface area contributed by atoms with E-state index in [1.54, 1.807) is 0 Å². The van der Waals surface area contributed by atoms with Crippen molar-refractivity contribution >= 4 is 21.5 Å². The molecule has 3 nitrogen and oxygen atoms in total. The second-order valence-corrected chi connectivity index (χ2v) is 6.42. The number of rotatable bonds is 2. The fraction of sp³-hybridized carbons (Fsp3) is 0.500. The fourth-order valence-corrected chi connectivity index (χ4v) is 2.38. The number of hydrogen-bond donors (Lipinski definition) is 0. The highest BCUT2D eigenvalue weighted by Gasteiger charge is 2.23. The molecule has 4 heteroatoms. The Bertz CT molecular complexity index is 581. The maximum Gasteiger partial charge on any atom is 0.148 e. The van der Waals surface area contributed by atoms with Crippen LogP contribution in [0.2, 0.25) is 0 Å². The van der Waals surface area contributed by atoms with Gasteiger partial charge in [-0.05, 0) is 31.0 Å². The standard InChI is InChI=1S/C14H21N2OSi/c1-9-6-11-12(7-10(9)2)16(8-17-18)13(15-11)14(3,4)5/h7H,8H2,1-5,18H3. The molecule has 18 heavy (non-hydrogen) atoms. The molecule has 0 aliphatic rings. The van der Waals surface area contributed by atoms with Gasteiger partial charge in [-0.25, -0.2) is 4.98 Å². The van der Waals surface area contributed by atoms with Crippen molar-refractivity contribution < 1.29 is 4.43 Å². The van der Waals surface area contributed by atoms with E-state index in [2.05, 4.69) is 51.3 Å². The molecule has 0 aliphatic heterocycles. The molecule has 0 saturated carbocycles. The largest absolute Gasteiger partial charge is 0.410 e. The van der Waals surface area contributed by atoms with E-state index in [9.17, 15) is 0 Å². The lowest BCUT2D eigenvalue weighted by Crippen LogP contribution is -2.19. The molecule has 2 rings (SSSR count). The first-order chi connectivity index (χ1) is 8.34. The van der Waals surface area contributed by atoms with Gasteiger partial charge in [-0.15, -0.1) is 0 Å². The number of hydrogen-bond acceptors (Lipinski definition) is 2. The molecule has 0 unspecified atom stereocenters. The maximum absolute atomic E-state index is 5.45. The fourth-order valence-electron chi connectivity index (χ4n) is 2.13. The lowest BCUT2D eigenvalue weighted by Gasteiger charge is -2.19. The number of fused-ring (bicyclic) bond motifs is 1. The third-order valence-corrected chi connectivity index (χ3v) is 3.44. The van der Waals surface area contributed by atoms with E-state index in [4.69, 9.17) is 9.41 Å². The van der Waals surface area contributed by atoms with Crippen molar-refractivity contribution in [3.05, 3.63) is 29.1 Å². The monoisotopic (exact) mass is 261 g/mol. The smallest absolute Gasteiger partial charge is 0.148 e. The molecule has 0 fully saturated rings. The molecule has 2 aromatic rings. The molecular formula is C14H21N2OSi. The molecule has 97 valence electrons. The van der Waals surface area contributed by atoms with Crippen LogP contribution in [-0.2, 0) is 16.6 Å². The predicted molar refractivity (Wildman–Crippen MR) is 77.8 cm³/mol. The normalized spacial score (nSPS) is 12.5. The summed E-state index contributed by atoms with van der Waals surface area (Å²) in [5.41, 5.74) is 4.49. The average molecular weight is 261 g/mol. The summed E-state index contributed by atoms with van der Waals surface area (Å²) in [6.07, 6.45) is 0. The lowest BCUT2D eigenvalue weighted by atomic mass is 9.96. The average Bonchev–Trinajstić information content (AvgIpc) is 2.58. The number of nitrogens with zero attached hydrogens (tertiary/aromatic N) is 2. The third-order valence-electron chi connectivity index (χ3n) is 3.19. The van der Waals surface area contributed by atoms with E-state index in [-0.39, 0.29) is 5.41 Å². The van der Waals surface area contributed by atoms with E-state index >= 15 is 0 Å². The van der Waals surface area contributed by atoms with Crippen LogP contribution in [0, 0.1) is 19.9 Å². The minimum atomic E-state index is 0.00869. The number of aryl methyl sites for hydroxylation is 2. The van der Waals surface area contributed by atoms with Crippen molar-refractivity contribution in [2.75, 3.05) is 0 Å². The third kappa shape index (κ3) is 2.22. The quantitative estimate of drug-likeness (QED) is 0.773. The van der Waals surface area contributed by atoms with Gasteiger partial charge in [-0.1, -0.05) is 20.8 Å². The number of aromatic nitrogens is 2. The lowest BCUT2D eigenvalue weighted by molar-refractivity contribution is 0.253. The van der Waals surface area contributed by atoms with Crippen LogP contribution in [0.3, 0.4) is 0 Å². The van der Waals surface area contributed by atoms with Gasteiger partial charge in [0.2, 0.25) is 0 Å². The molecule has 0 saturated heterocycles. The van der Waals surface area contributed by atoms with Crippen LogP contribution in [0.25, 0.3) is 11.0 Å². The van der Waals surface area contributed by atoms with Crippen molar-refractivity contribution in [1.29, 1.82) is 0 Å². The van der Waals surface area contributed by atoms with Gasteiger partial charge in [0.05, 0.1) is 11.0 Å². The molecule has 0 amide bonds. The minimum Gasteiger partial charge on any atom is -0.410 e. The molecule has 0 atom stereocenters. The summed E-state index contributed by atoms with van der Waals surface area (Å²) in [5.74, 6) is 1.06. The van der Waals surface area contributed by atoms with Crippen molar-refractivity contribution in [2.24, 2.45) is 0 Å². The van der Waals surface area contributed by atoms with Crippen molar-refractivity contribution in [3.63, 3.8) is 0 Å². The van der Waals surface area contributed by atoms with Gasteiger partial charge in [0.25, 0.3) is 0 Å². The Labute approximate surface area is 112 Å². The molecule has 1 aromatic heterocycles. The second-order valence-electron chi connectivity index (χ2n) is 5.84. The van der Waals surface area contributed by atoms with E-state index in [1.165, 1.54) is 11.1 Å². The molecule has 0 aliphatic carbocycles. The first kappa shape index (κ1) is 13.3. The highest BCUT2D eigenvalue weighted by Crippen LogP contribution is 2.27. The summed E-state index contributed by atoms with van der Waals surface area (Å²) in [6.45, 7) is 11.3. The van der Waals surface area contributed by atoms with Crippen LogP contribution >= 0.6 is 0 Å². The Morgan fingerprint density at radius 3 is 2.61 bits per heavy atom. The van der Waals surface area contributed by atoms with E-state index in [0.717, 1.165) is 27.3 Å². The Morgan fingerprint density at radius 2 is 2.06 bits per heavy atom. The maximum atomic E-state index is 5.45. The zero-order valence-corrected chi connectivity index (χ0v) is 14.1. The van der Waals surface area contributed by atoms with Gasteiger partial charge in [-0.3, -0.25) is 0 Å². The zero-order chi connectivity index (χ0) is 13.5. The molecule has 0 spiro atoms. The molecule has 0 N–H and O–H groups in total. The summed E-state index contributed by atoms with van der Waals surface area (Å²) in [4.78, 5) is 4.75. The molecule has 1 aromatic carbocycles. The van der Waals surface area contributed by atoms with Gasteiger partial charge < -0.3 is 8.99 Å². The highest BCUT2D eigenvalue weighted by atomic mass is 28.2. The van der Waals surface area contributed by atoms with Gasteiger partial charge in [0.1, 0.15) is 23.0 Å². The van der Waals surface area contributed by atoms with E-state index in [0.29, 0.717) is 6.73 Å². The van der Waals surface area contributed by atoms with Gasteiger partial charge >= 0.3 is 0 Å². The first-order valence-corrected chi connectivity index (χ1v) is 7.05. The predicted octanol–water partition coefficient (Wildman–Crippen LogP) is 2.01. The summed E-state index contributed by atoms with van der Waals surface area (Å²) in [6, 6.07) is 5.56. The minimum absolute atomic E-state index is 0.00869. The summed E-state index contributed by atoms with van der Waals surface area (Å²) < 4.78 is 7.62. The van der Waals surface area contributed by atoms with Gasteiger partial charge in [0, 0.05) is 11.5 Å².